The molecule has 1 aromatic heterocycles. The van der Waals surface area contributed by atoms with E-state index < -0.39 is 0 Å². The molecule has 0 radical (unpaired) electrons. The van der Waals surface area contributed by atoms with Gasteiger partial charge in [-0.05, 0) is 11.6 Å². The summed E-state index contributed by atoms with van der Waals surface area (Å²) in [4.78, 5) is 0.322. The van der Waals surface area contributed by atoms with E-state index in [2.05, 4.69) is 15.5 Å². The molecule has 5 heteroatoms. The minimum atomic E-state index is 0.322. The van der Waals surface area contributed by atoms with Gasteiger partial charge in [0.25, 0.3) is 0 Å². The van der Waals surface area contributed by atoms with Gasteiger partial charge in [-0.15, -0.1) is 5.10 Å². The molecule has 0 bridgehead atoms. The number of benzene rings is 1. The van der Waals surface area contributed by atoms with Crippen molar-refractivity contribution in [1.29, 1.82) is 0 Å². The van der Waals surface area contributed by atoms with Crippen LogP contribution in [0.5, 0.6) is 0 Å². The zero-order valence-corrected chi connectivity index (χ0v) is 9.95. The van der Waals surface area contributed by atoms with Crippen molar-refractivity contribution in [3.05, 3.63) is 53.7 Å². The monoisotopic (exact) mass is 244 g/mol. The Morgan fingerprint density at radius 3 is 2.76 bits per heavy atom. The van der Waals surface area contributed by atoms with Crippen LogP contribution in [-0.2, 0) is 6.54 Å². The van der Waals surface area contributed by atoms with Crippen LogP contribution < -0.4 is 11.1 Å². The van der Waals surface area contributed by atoms with Gasteiger partial charge in [0.15, 0.2) is 0 Å². The molecule has 2 aromatic rings. The van der Waals surface area contributed by atoms with Gasteiger partial charge in [0, 0.05) is 12.1 Å². The molecular formula is C12H12N4S. The summed E-state index contributed by atoms with van der Waals surface area (Å²) >= 11 is 4.88. The molecule has 0 amide bonds. The van der Waals surface area contributed by atoms with Crippen LogP contribution in [0, 0.1) is 0 Å². The predicted octanol–water partition coefficient (Wildman–Crippen LogP) is 1.72. The maximum atomic E-state index is 5.53. The van der Waals surface area contributed by atoms with Crippen LogP contribution in [0.4, 0.5) is 5.82 Å². The second-order valence-electron chi connectivity index (χ2n) is 3.53. The van der Waals surface area contributed by atoms with Gasteiger partial charge in [0.05, 0.1) is 6.20 Å². The van der Waals surface area contributed by atoms with E-state index >= 15 is 0 Å². The number of thiocarbonyl (C=S) groups is 1. The first-order valence-electron chi connectivity index (χ1n) is 5.16. The Labute approximate surface area is 105 Å². The van der Waals surface area contributed by atoms with E-state index in [1.807, 2.05) is 30.3 Å². The molecule has 1 aromatic carbocycles. The van der Waals surface area contributed by atoms with Crippen molar-refractivity contribution >= 4 is 23.0 Å². The van der Waals surface area contributed by atoms with E-state index in [0.29, 0.717) is 22.9 Å². The summed E-state index contributed by atoms with van der Waals surface area (Å²) in [5, 5.41) is 11.0. The number of nitrogens with two attached hydrogens (primary N) is 1. The zero-order valence-electron chi connectivity index (χ0n) is 9.13. The topological polar surface area (TPSA) is 63.8 Å². The minimum absolute atomic E-state index is 0.322. The molecule has 0 aliphatic rings. The molecule has 0 spiro atoms. The van der Waals surface area contributed by atoms with Crippen molar-refractivity contribution in [2.24, 2.45) is 5.73 Å². The quantitative estimate of drug-likeness (QED) is 0.802. The molecule has 0 atom stereocenters. The Balaban J connectivity index is 2.04. The maximum Gasteiger partial charge on any atom is 0.149 e. The lowest BCUT2D eigenvalue weighted by Crippen LogP contribution is -2.11. The number of hydrogen-bond acceptors (Lipinski definition) is 4. The fraction of sp³-hybridized carbons (Fsp3) is 0.0833. The van der Waals surface area contributed by atoms with Crippen LogP contribution in [0.25, 0.3) is 0 Å². The molecule has 0 unspecified atom stereocenters. The normalized spacial score (nSPS) is 9.88. The van der Waals surface area contributed by atoms with E-state index in [9.17, 15) is 0 Å². The van der Waals surface area contributed by atoms with Crippen molar-refractivity contribution in [1.82, 2.24) is 10.2 Å². The smallest absolute Gasteiger partial charge is 0.149 e. The molecule has 17 heavy (non-hydrogen) atoms. The Morgan fingerprint density at radius 1 is 1.29 bits per heavy atom. The predicted molar refractivity (Wildman–Crippen MR) is 71.7 cm³/mol. The van der Waals surface area contributed by atoms with Crippen molar-refractivity contribution in [3.8, 4) is 0 Å². The molecule has 0 saturated carbocycles. The van der Waals surface area contributed by atoms with E-state index in [0.717, 1.165) is 0 Å². The molecular weight excluding hydrogens is 232 g/mol. The summed E-state index contributed by atoms with van der Waals surface area (Å²) in [7, 11) is 0. The Morgan fingerprint density at radius 2 is 2.06 bits per heavy atom. The number of aromatic nitrogens is 2. The first-order valence-corrected chi connectivity index (χ1v) is 5.57. The summed E-state index contributed by atoms with van der Waals surface area (Å²) in [5.41, 5.74) is 7.42. The van der Waals surface area contributed by atoms with Crippen LogP contribution >= 0.6 is 12.2 Å². The molecule has 0 saturated heterocycles. The van der Waals surface area contributed by atoms with E-state index in [4.69, 9.17) is 18.0 Å². The van der Waals surface area contributed by atoms with Gasteiger partial charge in [-0.25, -0.2) is 0 Å². The van der Waals surface area contributed by atoms with Crippen LogP contribution in [0.3, 0.4) is 0 Å². The fourth-order valence-corrected chi connectivity index (χ4v) is 1.49. The van der Waals surface area contributed by atoms with E-state index in [1.54, 1.807) is 12.3 Å². The molecule has 4 nitrogen and oxygen atoms in total. The van der Waals surface area contributed by atoms with Gasteiger partial charge < -0.3 is 11.1 Å². The molecule has 86 valence electrons. The number of nitrogens with zero attached hydrogens (tertiary/aromatic N) is 2. The molecule has 0 fully saturated rings. The minimum Gasteiger partial charge on any atom is -0.389 e. The van der Waals surface area contributed by atoms with Gasteiger partial charge in [-0.3, -0.25) is 0 Å². The van der Waals surface area contributed by atoms with E-state index in [1.165, 1.54) is 5.56 Å². The number of anilines is 1. The van der Waals surface area contributed by atoms with E-state index in [-0.39, 0.29) is 0 Å². The van der Waals surface area contributed by atoms with Gasteiger partial charge in [0.1, 0.15) is 10.8 Å². The van der Waals surface area contributed by atoms with Crippen LogP contribution in [-0.4, -0.2) is 15.2 Å². The van der Waals surface area contributed by atoms with Crippen molar-refractivity contribution in [3.63, 3.8) is 0 Å². The Kier molecular flexibility index (Phi) is 3.62. The van der Waals surface area contributed by atoms with Gasteiger partial charge >= 0.3 is 0 Å². The third-order valence-corrected chi connectivity index (χ3v) is 2.49. The van der Waals surface area contributed by atoms with Gasteiger partial charge in [0.2, 0.25) is 0 Å². The SMILES string of the molecule is NC(=S)c1cnnc(NCc2ccccc2)c1. The second kappa shape index (κ2) is 5.36. The number of hydrogen-bond donors (Lipinski definition) is 2. The first kappa shape index (κ1) is 11.5. The fourth-order valence-electron chi connectivity index (χ4n) is 1.38. The lowest BCUT2D eigenvalue weighted by atomic mass is 10.2. The van der Waals surface area contributed by atoms with Crippen molar-refractivity contribution < 1.29 is 0 Å². The number of nitrogens with one attached hydrogen (secondary N) is 1. The summed E-state index contributed by atoms with van der Waals surface area (Å²) in [6.07, 6.45) is 1.55. The highest BCUT2D eigenvalue weighted by atomic mass is 32.1. The molecule has 3 N–H and O–H groups in total. The van der Waals surface area contributed by atoms with Crippen molar-refractivity contribution in [2.45, 2.75) is 6.54 Å². The highest BCUT2D eigenvalue weighted by Crippen LogP contribution is 2.07. The molecule has 1 heterocycles. The third-order valence-electron chi connectivity index (χ3n) is 2.26. The highest BCUT2D eigenvalue weighted by Gasteiger charge is 2.00. The highest BCUT2D eigenvalue weighted by molar-refractivity contribution is 7.80. The Bertz CT molecular complexity index is 513. The average Bonchev–Trinajstić information content (AvgIpc) is 2.38. The van der Waals surface area contributed by atoms with Crippen LogP contribution in [0.15, 0.2) is 42.6 Å². The summed E-state index contributed by atoms with van der Waals surface area (Å²) in [6.45, 7) is 0.691. The van der Waals surface area contributed by atoms with Gasteiger partial charge in [-0.2, -0.15) is 5.10 Å². The van der Waals surface area contributed by atoms with Crippen molar-refractivity contribution in [2.75, 3.05) is 5.32 Å². The lowest BCUT2D eigenvalue weighted by Gasteiger charge is -2.05. The lowest BCUT2D eigenvalue weighted by molar-refractivity contribution is 0.997. The summed E-state index contributed by atoms with van der Waals surface area (Å²) in [5.74, 6) is 0.666. The Hall–Kier alpha value is -2.01. The average molecular weight is 244 g/mol. The molecule has 0 aliphatic heterocycles. The second-order valence-corrected chi connectivity index (χ2v) is 3.97. The van der Waals surface area contributed by atoms with Crippen LogP contribution in [0.2, 0.25) is 0 Å². The summed E-state index contributed by atoms with van der Waals surface area (Å²) in [6, 6.07) is 11.8. The van der Waals surface area contributed by atoms with Crippen LogP contribution in [0.1, 0.15) is 11.1 Å². The number of rotatable bonds is 4. The third kappa shape index (κ3) is 3.22. The van der Waals surface area contributed by atoms with Gasteiger partial charge in [-0.1, -0.05) is 42.5 Å². The largest absolute Gasteiger partial charge is 0.389 e. The first-order chi connectivity index (χ1) is 8.25. The molecule has 2 rings (SSSR count). The maximum absolute atomic E-state index is 5.53. The standard InChI is InChI=1S/C12H12N4S/c13-12(17)10-6-11(16-15-8-10)14-7-9-4-2-1-3-5-9/h1-6,8H,7H2,(H2,13,17)(H,14,16). The summed E-state index contributed by atoms with van der Waals surface area (Å²) < 4.78 is 0. The molecule has 0 aliphatic carbocycles. The zero-order chi connectivity index (χ0) is 12.1.